The molecule has 1 amide bonds. The Hall–Kier alpha value is -2.40. The number of amides is 1. The van der Waals surface area contributed by atoms with Crippen molar-refractivity contribution in [3.05, 3.63) is 53.9 Å². The maximum absolute atomic E-state index is 11.3. The van der Waals surface area contributed by atoms with Gasteiger partial charge in [0, 0.05) is 25.0 Å². The van der Waals surface area contributed by atoms with Crippen molar-refractivity contribution in [3.63, 3.8) is 0 Å². The van der Waals surface area contributed by atoms with E-state index >= 15 is 0 Å². The van der Waals surface area contributed by atoms with E-state index in [-0.39, 0.29) is 18.6 Å². The maximum Gasteiger partial charge on any atom is 0.262 e. The molecule has 3 rings (SSSR count). The molecule has 5 heteroatoms. The second kappa shape index (κ2) is 5.93. The zero-order valence-corrected chi connectivity index (χ0v) is 11.8. The van der Waals surface area contributed by atoms with Gasteiger partial charge in [-0.05, 0) is 42.3 Å². The maximum atomic E-state index is 11.3. The lowest BCUT2D eigenvalue weighted by Gasteiger charge is -2.19. The van der Waals surface area contributed by atoms with Crippen molar-refractivity contribution < 1.29 is 9.53 Å². The quantitative estimate of drug-likeness (QED) is 0.903. The minimum absolute atomic E-state index is 0.0870. The van der Waals surface area contributed by atoms with E-state index in [0.29, 0.717) is 6.54 Å². The Balaban J connectivity index is 1.66. The molecule has 2 aromatic rings. The van der Waals surface area contributed by atoms with Gasteiger partial charge in [0.25, 0.3) is 5.91 Å². The largest absolute Gasteiger partial charge is 0.482 e. The highest BCUT2D eigenvalue weighted by Crippen LogP contribution is 2.28. The van der Waals surface area contributed by atoms with Gasteiger partial charge >= 0.3 is 0 Å². The first-order chi connectivity index (χ1) is 10.2. The highest BCUT2D eigenvalue weighted by molar-refractivity contribution is 5.95. The number of pyridine rings is 1. The molecule has 0 saturated carbocycles. The molecule has 1 aromatic carbocycles. The fourth-order valence-electron chi connectivity index (χ4n) is 2.28. The van der Waals surface area contributed by atoms with Gasteiger partial charge in [0.2, 0.25) is 0 Å². The molecule has 21 heavy (non-hydrogen) atoms. The molecular formula is C16H17N3O2. The molecule has 0 fully saturated rings. The van der Waals surface area contributed by atoms with Gasteiger partial charge in [0.1, 0.15) is 5.75 Å². The number of hydrogen-bond acceptors (Lipinski definition) is 4. The second-order valence-corrected chi connectivity index (χ2v) is 5.05. The average molecular weight is 283 g/mol. The van der Waals surface area contributed by atoms with Crippen LogP contribution >= 0.6 is 0 Å². The lowest BCUT2D eigenvalue weighted by Crippen LogP contribution is -2.25. The number of nitrogens with zero attached hydrogens (tertiary/aromatic N) is 1. The molecule has 0 unspecified atom stereocenters. The van der Waals surface area contributed by atoms with Crippen molar-refractivity contribution in [3.8, 4) is 5.75 Å². The number of hydrogen-bond donors (Lipinski definition) is 2. The summed E-state index contributed by atoms with van der Waals surface area (Å²) in [6.07, 6.45) is 3.58. The fraction of sp³-hybridized carbons (Fsp3) is 0.250. The van der Waals surface area contributed by atoms with Gasteiger partial charge in [0.05, 0.1) is 5.69 Å². The summed E-state index contributed by atoms with van der Waals surface area (Å²) >= 11 is 0. The zero-order valence-electron chi connectivity index (χ0n) is 11.8. The minimum atomic E-state index is -0.113. The van der Waals surface area contributed by atoms with Crippen molar-refractivity contribution >= 4 is 11.6 Å². The normalized spacial score (nSPS) is 14.8. The third kappa shape index (κ3) is 3.20. The number of ether oxygens (including phenoxy) is 1. The number of carbonyl (C=O) groups excluding carboxylic acids is 1. The Morgan fingerprint density at radius 3 is 2.95 bits per heavy atom. The predicted molar refractivity (Wildman–Crippen MR) is 80.1 cm³/mol. The Labute approximate surface area is 123 Å². The van der Waals surface area contributed by atoms with Crippen molar-refractivity contribution in [2.75, 3.05) is 11.9 Å². The Bertz CT molecular complexity index is 643. The van der Waals surface area contributed by atoms with E-state index in [1.54, 1.807) is 12.4 Å². The molecule has 1 aliphatic rings. The van der Waals surface area contributed by atoms with Crippen LogP contribution in [0.25, 0.3) is 0 Å². The van der Waals surface area contributed by atoms with Crippen LogP contribution in [0.3, 0.4) is 0 Å². The first kappa shape index (κ1) is 13.6. The molecule has 2 heterocycles. The summed E-state index contributed by atoms with van der Waals surface area (Å²) in [5.74, 6) is 0.610. The SMILES string of the molecule is C[C@@H](NCc1ccc2c(c1)NC(=O)CO2)c1ccncc1. The molecule has 0 saturated heterocycles. The molecule has 0 aliphatic carbocycles. The third-order valence-electron chi connectivity index (χ3n) is 3.50. The van der Waals surface area contributed by atoms with Crippen molar-refractivity contribution in [1.82, 2.24) is 10.3 Å². The van der Waals surface area contributed by atoms with E-state index in [2.05, 4.69) is 22.5 Å². The van der Waals surface area contributed by atoms with Crippen LogP contribution in [0, 0.1) is 0 Å². The van der Waals surface area contributed by atoms with Crippen LogP contribution < -0.4 is 15.4 Å². The van der Waals surface area contributed by atoms with Crippen molar-refractivity contribution in [2.45, 2.75) is 19.5 Å². The number of benzene rings is 1. The Kier molecular flexibility index (Phi) is 3.83. The van der Waals surface area contributed by atoms with Crippen LogP contribution in [-0.4, -0.2) is 17.5 Å². The summed E-state index contributed by atoms with van der Waals surface area (Å²) < 4.78 is 5.35. The van der Waals surface area contributed by atoms with Gasteiger partial charge in [-0.15, -0.1) is 0 Å². The first-order valence-corrected chi connectivity index (χ1v) is 6.91. The Morgan fingerprint density at radius 2 is 2.14 bits per heavy atom. The number of anilines is 1. The molecule has 0 radical (unpaired) electrons. The number of aromatic nitrogens is 1. The van der Waals surface area contributed by atoms with E-state index in [9.17, 15) is 4.79 Å². The molecule has 0 spiro atoms. The van der Waals surface area contributed by atoms with Crippen LogP contribution in [0.2, 0.25) is 0 Å². The first-order valence-electron chi connectivity index (χ1n) is 6.91. The van der Waals surface area contributed by atoms with Crippen molar-refractivity contribution in [2.24, 2.45) is 0 Å². The molecule has 1 atom stereocenters. The number of rotatable bonds is 4. The number of nitrogens with one attached hydrogen (secondary N) is 2. The highest BCUT2D eigenvalue weighted by atomic mass is 16.5. The van der Waals surface area contributed by atoms with Crippen LogP contribution in [0.4, 0.5) is 5.69 Å². The van der Waals surface area contributed by atoms with Crippen LogP contribution in [0.1, 0.15) is 24.1 Å². The monoisotopic (exact) mass is 283 g/mol. The average Bonchev–Trinajstić information content (AvgIpc) is 2.53. The van der Waals surface area contributed by atoms with Crippen LogP contribution in [-0.2, 0) is 11.3 Å². The van der Waals surface area contributed by atoms with Gasteiger partial charge in [-0.25, -0.2) is 0 Å². The second-order valence-electron chi connectivity index (χ2n) is 5.05. The molecule has 0 bridgehead atoms. The summed E-state index contributed by atoms with van der Waals surface area (Å²) in [5, 5.41) is 6.27. The van der Waals surface area contributed by atoms with Gasteiger partial charge in [-0.3, -0.25) is 9.78 Å². The summed E-state index contributed by atoms with van der Waals surface area (Å²) in [4.78, 5) is 15.4. The Morgan fingerprint density at radius 1 is 1.33 bits per heavy atom. The standard InChI is InChI=1S/C16H17N3O2/c1-11(13-4-6-17-7-5-13)18-9-12-2-3-15-14(8-12)19-16(20)10-21-15/h2-8,11,18H,9-10H2,1H3,(H,19,20)/t11-/m1/s1. The molecule has 108 valence electrons. The summed E-state index contributed by atoms with van der Waals surface area (Å²) in [6.45, 7) is 2.91. The van der Waals surface area contributed by atoms with Gasteiger partial charge in [-0.1, -0.05) is 6.07 Å². The lowest BCUT2D eigenvalue weighted by molar-refractivity contribution is -0.118. The summed E-state index contributed by atoms with van der Waals surface area (Å²) in [7, 11) is 0. The van der Waals surface area contributed by atoms with E-state index in [1.165, 1.54) is 5.56 Å². The summed E-state index contributed by atoms with van der Waals surface area (Å²) in [6, 6.07) is 10.1. The highest BCUT2D eigenvalue weighted by Gasteiger charge is 2.16. The molecule has 1 aromatic heterocycles. The lowest BCUT2D eigenvalue weighted by atomic mass is 10.1. The van der Waals surface area contributed by atoms with Crippen LogP contribution in [0.5, 0.6) is 5.75 Å². The van der Waals surface area contributed by atoms with E-state index < -0.39 is 0 Å². The van der Waals surface area contributed by atoms with E-state index in [0.717, 1.165) is 17.0 Å². The molecule has 2 N–H and O–H groups in total. The van der Waals surface area contributed by atoms with Gasteiger partial charge < -0.3 is 15.4 Å². The molecule has 5 nitrogen and oxygen atoms in total. The van der Waals surface area contributed by atoms with E-state index in [1.807, 2.05) is 30.3 Å². The van der Waals surface area contributed by atoms with Crippen LogP contribution in [0.15, 0.2) is 42.7 Å². The predicted octanol–water partition coefficient (Wildman–Crippen LogP) is 2.26. The van der Waals surface area contributed by atoms with Crippen molar-refractivity contribution in [1.29, 1.82) is 0 Å². The fourth-order valence-corrected chi connectivity index (χ4v) is 2.28. The third-order valence-corrected chi connectivity index (χ3v) is 3.50. The summed E-state index contributed by atoms with van der Waals surface area (Å²) in [5.41, 5.74) is 3.03. The van der Waals surface area contributed by atoms with E-state index in [4.69, 9.17) is 4.74 Å². The number of fused-ring (bicyclic) bond motifs is 1. The minimum Gasteiger partial charge on any atom is -0.482 e. The molecule has 1 aliphatic heterocycles. The topological polar surface area (TPSA) is 63.2 Å². The van der Waals surface area contributed by atoms with Gasteiger partial charge in [-0.2, -0.15) is 0 Å². The number of carbonyl (C=O) groups is 1. The molecular weight excluding hydrogens is 266 g/mol. The van der Waals surface area contributed by atoms with Gasteiger partial charge in [0.15, 0.2) is 6.61 Å². The zero-order chi connectivity index (χ0) is 14.7. The smallest absolute Gasteiger partial charge is 0.262 e.